The van der Waals surface area contributed by atoms with Crippen molar-refractivity contribution in [2.24, 2.45) is 11.8 Å². The Morgan fingerprint density at radius 2 is 1.37 bits per heavy atom. The van der Waals surface area contributed by atoms with Crippen LogP contribution in [0.1, 0.15) is 97.8 Å². The molecule has 0 heterocycles. The Morgan fingerprint density at radius 3 is 1.85 bits per heavy atom. The Labute approximate surface area is 172 Å². The molecule has 0 aromatic carbocycles. The van der Waals surface area contributed by atoms with Gasteiger partial charge in [0.05, 0.1) is 13.2 Å². The van der Waals surface area contributed by atoms with E-state index < -0.39 is 0 Å². The summed E-state index contributed by atoms with van der Waals surface area (Å²) in [5, 5.41) is 9.69. The molecule has 1 saturated carbocycles. The lowest BCUT2D eigenvalue weighted by Gasteiger charge is -2.43. The SMILES string of the molecule is CCS(C)(CCCCCCCCCCCCOCCO)C1CC(C)CC1C. The molecule has 0 saturated heterocycles. The van der Waals surface area contributed by atoms with Gasteiger partial charge in [-0.25, -0.2) is 10.0 Å². The normalized spacial score (nSPS) is 26.2. The van der Waals surface area contributed by atoms with E-state index in [-0.39, 0.29) is 16.6 Å². The molecule has 1 rings (SSSR count). The maximum atomic E-state index is 8.64. The van der Waals surface area contributed by atoms with Crippen molar-refractivity contribution >= 4 is 10.0 Å². The quantitative estimate of drug-likeness (QED) is 0.271. The number of hydrogen-bond donors (Lipinski definition) is 1. The summed E-state index contributed by atoms with van der Waals surface area (Å²) >= 11 is 0. The zero-order chi connectivity index (χ0) is 20.0. The summed E-state index contributed by atoms with van der Waals surface area (Å²) in [4.78, 5) is 0. The van der Waals surface area contributed by atoms with E-state index in [1.165, 1.54) is 82.1 Å². The Kier molecular flexibility index (Phi) is 14.2. The summed E-state index contributed by atoms with van der Waals surface area (Å²) in [7, 11) is -0.378. The Bertz CT molecular complexity index is 349. The van der Waals surface area contributed by atoms with E-state index in [1.54, 1.807) is 0 Å². The summed E-state index contributed by atoms with van der Waals surface area (Å²) in [5.41, 5.74) is 0. The van der Waals surface area contributed by atoms with Crippen molar-refractivity contribution in [3.63, 3.8) is 0 Å². The van der Waals surface area contributed by atoms with Gasteiger partial charge in [0.25, 0.3) is 0 Å². The molecule has 0 aliphatic heterocycles. The second-order valence-corrected chi connectivity index (χ2v) is 13.6. The van der Waals surface area contributed by atoms with Crippen LogP contribution in [0, 0.1) is 11.8 Å². The fourth-order valence-electron chi connectivity index (χ4n) is 5.03. The standard InChI is InChI=1S/C24H50O2S/c1-5-27(4,24-21-22(2)20-23(24)3)19-15-13-11-9-7-6-8-10-12-14-17-26-18-16-25/h22-25H,5-21H2,1-4H3. The van der Waals surface area contributed by atoms with Crippen LogP contribution in [0.5, 0.6) is 0 Å². The van der Waals surface area contributed by atoms with Gasteiger partial charge in [-0.15, -0.1) is 0 Å². The first kappa shape index (κ1) is 25.3. The molecule has 1 aliphatic carbocycles. The second-order valence-electron chi connectivity index (χ2n) is 9.31. The Hall–Kier alpha value is 0.270. The first-order valence-corrected chi connectivity index (χ1v) is 14.4. The number of unbranched alkanes of at least 4 members (excludes halogenated alkanes) is 9. The molecule has 0 amide bonds. The minimum Gasteiger partial charge on any atom is -0.394 e. The van der Waals surface area contributed by atoms with Crippen LogP contribution in [0.15, 0.2) is 0 Å². The fourth-order valence-corrected chi connectivity index (χ4v) is 8.94. The van der Waals surface area contributed by atoms with E-state index in [2.05, 4.69) is 27.0 Å². The summed E-state index contributed by atoms with van der Waals surface area (Å²) in [6, 6.07) is 0. The van der Waals surface area contributed by atoms with Crippen molar-refractivity contribution in [2.45, 2.75) is 103 Å². The van der Waals surface area contributed by atoms with Crippen LogP contribution in [0.4, 0.5) is 0 Å². The van der Waals surface area contributed by atoms with Crippen LogP contribution >= 0.6 is 10.0 Å². The van der Waals surface area contributed by atoms with Crippen molar-refractivity contribution < 1.29 is 9.84 Å². The van der Waals surface area contributed by atoms with Gasteiger partial charge in [-0.1, -0.05) is 72.1 Å². The van der Waals surface area contributed by atoms with Crippen LogP contribution in [-0.2, 0) is 4.74 Å². The molecule has 0 aromatic rings. The average molecular weight is 403 g/mol. The molecule has 1 N–H and O–H groups in total. The summed E-state index contributed by atoms with van der Waals surface area (Å²) in [6.07, 6.45) is 19.5. The third-order valence-electron chi connectivity index (χ3n) is 6.82. The van der Waals surface area contributed by atoms with Crippen LogP contribution in [0.25, 0.3) is 0 Å². The van der Waals surface area contributed by atoms with Gasteiger partial charge in [-0.05, 0) is 60.5 Å². The van der Waals surface area contributed by atoms with E-state index in [0.717, 1.165) is 30.1 Å². The Morgan fingerprint density at radius 1 is 0.815 bits per heavy atom. The predicted octanol–water partition coefficient (Wildman–Crippen LogP) is 6.79. The predicted molar refractivity (Wildman–Crippen MR) is 124 cm³/mol. The van der Waals surface area contributed by atoms with Gasteiger partial charge in [-0.3, -0.25) is 0 Å². The van der Waals surface area contributed by atoms with E-state index in [4.69, 9.17) is 9.84 Å². The van der Waals surface area contributed by atoms with Crippen molar-refractivity contribution in [3.8, 4) is 0 Å². The number of aliphatic hydroxyl groups is 1. The molecular formula is C24H50O2S. The third kappa shape index (κ3) is 10.6. The lowest BCUT2D eigenvalue weighted by Crippen LogP contribution is -2.24. The van der Waals surface area contributed by atoms with E-state index in [9.17, 15) is 0 Å². The highest BCUT2D eigenvalue weighted by atomic mass is 32.3. The van der Waals surface area contributed by atoms with Crippen LogP contribution in [0.3, 0.4) is 0 Å². The zero-order valence-corrected chi connectivity index (χ0v) is 19.8. The lowest BCUT2D eigenvalue weighted by atomic mass is 10.1. The number of ether oxygens (including phenoxy) is 1. The van der Waals surface area contributed by atoms with Gasteiger partial charge in [-0.2, -0.15) is 0 Å². The van der Waals surface area contributed by atoms with Crippen LogP contribution in [-0.4, -0.2) is 47.9 Å². The molecule has 3 heteroatoms. The van der Waals surface area contributed by atoms with Gasteiger partial charge in [0, 0.05) is 6.61 Å². The molecule has 1 fully saturated rings. The molecular weight excluding hydrogens is 352 g/mol. The summed E-state index contributed by atoms with van der Waals surface area (Å²) < 4.78 is 5.29. The van der Waals surface area contributed by atoms with Crippen LogP contribution < -0.4 is 0 Å². The molecule has 2 nitrogen and oxygen atoms in total. The molecule has 0 bridgehead atoms. The fraction of sp³-hybridized carbons (Fsp3) is 1.00. The molecule has 0 aromatic heterocycles. The molecule has 27 heavy (non-hydrogen) atoms. The second kappa shape index (κ2) is 15.2. The van der Waals surface area contributed by atoms with E-state index >= 15 is 0 Å². The van der Waals surface area contributed by atoms with Gasteiger partial charge >= 0.3 is 0 Å². The maximum absolute atomic E-state index is 8.64. The first-order valence-electron chi connectivity index (χ1n) is 11.9. The van der Waals surface area contributed by atoms with Gasteiger partial charge in [0.1, 0.15) is 0 Å². The topological polar surface area (TPSA) is 29.5 Å². The average Bonchev–Trinajstić information content (AvgIpc) is 3.00. The minimum atomic E-state index is -0.378. The third-order valence-corrected chi connectivity index (χ3v) is 11.5. The van der Waals surface area contributed by atoms with Gasteiger partial charge < -0.3 is 9.84 Å². The number of aliphatic hydroxyl groups excluding tert-OH is 1. The zero-order valence-electron chi connectivity index (χ0n) is 19.0. The van der Waals surface area contributed by atoms with Crippen molar-refractivity contribution in [1.29, 1.82) is 0 Å². The molecule has 1 aliphatic rings. The maximum Gasteiger partial charge on any atom is 0.0697 e. The van der Waals surface area contributed by atoms with Crippen molar-refractivity contribution in [2.75, 3.05) is 37.6 Å². The summed E-state index contributed by atoms with van der Waals surface area (Å²) in [5.74, 6) is 4.92. The van der Waals surface area contributed by atoms with Crippen LogP contribution in [0.2, 0.25) is 0 Å². The molecule has 164 valence electrons. The van der Waals surface area contributed by atoms with Crippen molar-refractivity contribution in [1.82, 2.24) is 0 Å². The monoisotopic (exact) mass is 402 g/mol. The molecule has 0 spiro atoms. The highest BCUT2D eigenvalue weighted by Gasteiger charge is 2.37. The largest absolute Gasteiger partial charge is 0.394 e. The Balaban J connectivity index is 1.96. The molecule has 4 atom stereocenters. The molecule has 4 unspecified atom stereocenters. The highest BCUT2D eigenvalue weighted by molar-refractivity contribution is 8.33. The van der Waals surface area contributed by atoms with Gasteiger partial charge in [0.15, 0.2) is 0 Å². The van der Waals surface area contributed by atoms with Crippen molar-refractivity contribution in [3.05, 3.63) is 0 Å². The first-order chi connectivity index (χ1) is 13.0. The molecule has 0 radical (unpaired) electrons. The highest BCUT2D eigenvalue weighted by Crippen LogP contribution is 2.58. The summed E-state index contributed by atoms with van der Waals surface area (Å²) in [6.45, 7) is 8.92. The lowest BCUT2D eigenvalue weighted by molar-refractivity contribution is 0.0895. The van der Waals surface area contributed by atoms with Gasteiger partial charge in [0.2, 0.25) is 0 Å². The number of rotatable bonds is 17. The smallest absolute Gasteiger partial charge is 0.0697 e. The minimum absolute atomic E-state index is 0.151. The van der Waals surface area contributed by atoms with E-state index in [0.29, 0.717) is 6.61 Å². The van der Waals surface area contributed by atoms with E-state index in [1.807, 2.05) is 0 Å². The number of hydrogen-bond acceptors (Lipinski definition) is 2.